The van der Waals surface area contributed by atoms with E-state index in [0.717, 1.165) is 10.5 Å². The second kappa shape index (κ2) is 6.52. The number of para-hydroxylation sites is 1. The normalized spacial score (nSPS) is 19.6. The Labute approximate surface area is 118 Å². The first kappa shape index (κ1) is 14.5. The monoisotopic (exact) mass is 277 g/mol. The van der Waals surface area contributed by atoms with Gasteiger partial charge in [-0.05, 0) is 37.8 Å². The van der Waals surface area contributed by atoms with E-state index < -0.39 is 12.2 Å². The lowest BCUT2D eigenvalue weighted by molar-refractivity contribution is -0.118. The number of hydrogen-bond donors (Lipinski definition) is 1. The summed E-state index contributed by atoms with van der Waals surface area (Å²) < 4.78 is 4.98. The zero-order chi connectivity index (χ0) is 14.5. The summed E-state index contributed by atoms with van der Waals surface area (Å²) in [5.74, 6) is -0.336. The molecule has 1 unspecified atom stereocenters. The van der Waals surface area contributed by atoms with Gasteiger partial charge in [-0.15, -0.1) is 0 Å². The van der Waals surface area contributed by atoms with E-state index in [0.29, 0.717) is 24.9 Å². The molecule has 0 aliphatic carbocycles. The summed E-state index contributed by atoms with van der Waals surface area (Å²) in [6.45, 7) is 1.92. The number of carbonyl (C=O) groups is 2. The van der Waals surface area contributed by atoms with Gasteiger partial charge >= 0.3 is 6.09 Å². The van der Waals surface area contributed by atoms with Gasteiger partial charge in [-0.3, -0.25) is 4.79 Å². The zero-order valence-corrected chi connectivity index (χ0v) is 11.5. The van der Waals surface area contributed by atoms with Crippen molar-refractivity contribution in [3.63, 3.8) is 0 Å². The third-order valence-electron chi connectivity index (χ3n) is 3.37. The molecule has 0 radical (unpaired) electrons. The minimum absolute atomic E-state index is 0.133. The number of imide groups is 1. The molecule has 20 heavy (non-hydrogen) atoms. The highest BCUT2D eigenvalue weighted by Crippen LogP contribution is 2.26. The quantitative estimate of drug-likeness (QED) is 0.855. The van der Waals surface area contributed by atoms with Crippen molar-refractivity contribution in [3.05, 3.63) is 29.8 Å². The van der Waals surface area contributed by atoms with Crippen LogP contribution in [0.2, 0.25) is 0 Å². The summed E-state index contributed by atoms with van der Waals surface area (Å²) in [4.78, 5) is 25.4. The fourth-order valence-corrected chi connectivity index (χ4v) is 2.33. The molecule has 5 heteroatoms. The first-order valence-electron chi connectivity index (χ1n) is 6.89. The van der Waals surface area contributed by atoms with E-state index >= 15 is 0 Å². The second-order valence-electron chi connectivity index (χ2n) is 4.79. The van der Waals surface area contributed by atoms with Crippen LogP contribution in [0.15, 0.2) is 24.3 Å². The molecule has 1 atom stereocenters. The first-order valence-corrected chi connectivity index (χ1v) is 6.89. The van der Waals surface area contributed by atoms with E-state index in [1.54, 1.807) is 19.1 Å². The standard InChI is InChI=1S/C15H19NO4/c1-2-20-15(19)16-13-6-4-3-5-11(13)7-8-12(17)9-10-14(16)18/h3-6,12,17H,2,7-10H2,1H3. The van der Waals surface area contributed by atoms with Crippen LogP contribution in [-0.2, 0) is 16.0 Å². The number of benzene rings is 1. The molecule has 0 bridgehead atoms. The van der Waals surface area contributed by atoms with E-state index in [-0.39, 0.29) is 18.9 Å². The summed E-state index contributed by atoms with van der Waals surface area (Å²) >= 11 is 0. The Bertz CT molecular complexity index is 500. The lowest BCUT2D eigenvalue weighted by Gasteiger charge is -2.21. The van der Waals surface area contributed by atoms with Crippen LogP contribution in [0, 0.1) is 0 Å². The van der Waals surface area contributed by atoms with Crippen LogP contribution in [0.5, 0.6) is 0 Å². The number of amides is 2. The highest BCUT2D eigenvalue weighted by atomic mass is 16.6. The van der Waals surface area contributed by atoms with Crippen LogP contribution < -0.4 is 4.90 Å². The Kier molecular flexibility index (Phi) is 4.74. The van der Waals surface area contributed by atoms with Crippen LogP contribution in [0.25, 0.3) is 0 Å². The molecule has 0 saturated heterocycles. The van der Waals surface area contributed by atoms with E-state index in [1.807, 2.05) is 12.1 Å². The van der Waals surface area contributed by atoms with Crippen LogP contribution in [-0.4, -0.2) is 29.8 Å². The fraction of sp³-hybridized carbons (Fsp3) is 0.467. The van der Waals surface area contributed by atoms with Gasteiger partial charge in [0.2, 0.25) is 5.91 Å². The molecular formula is C15H19NO4. The molecular weight excluding hydrogens is 258 g/mol. The predicted octanol–water partition coefficient (Wildman–Crippen LogP) is 2.26. The molecule has 2 amide bonds. The average Bonchev–Trinajstić information content (AvgIpc) is 2.49. The Balaban J connectivity index is 2.41. The number of anilines is 1. The second-order valence-corrected chi connectivity index (χ2v) is 4.79. The van der Waals surface area contributed by atoms with Crippen molar-refractivity contribution in [3.8, 4) is 0 Å². The van der Waals surface area contributed by atoms with E-state index in [4.69, 9.17) is 4.74 Å². The smallest absolute Gasteiger partial charge is 0.421 e. The van der Waals surface area contributed by atoms with Gasteiger partial charge in [-0.25, -0.2) is 9.69 Å². The SMILES string of the molecule is CCOC(=O)N1C(=O)CCC(O)CCc2ccccc21. The number of carbonyl (C=O) groups excluding carboxylic acids is 2. The van der Waals surface area contributed by atoms with Crippen molar-refractivity contribution in [1.29, 1.82) is 0 Å². The number of hydrogen-bond acceptors (Lipinski definition) is 4. The topological polar surface area (TPSA) is 66.8 Å². The van der Waals surface area contributed by atoms with Crippen molar-refractivity contribution in [2.45, 2.75) is 38.7 Å². The summed E-state index contributed by atoms with van der Waals surface area (Å²) in [6.07, 6.45) is 0.536. The van der Waals surface area contributed by atoms with E-state index in [2.05, 4.69) is 0 Å². The Hall–Kier alpha value is -1.88. The number of ether oxygens (including phenoxy) is 1. The van der Waals surface area contributed by atoms with E-state index in [9.17, 15) is 14.7 Å². The number of aliphatic hydroxyl groups is 1. The lowest BCUT2D eigenvalue weighted by Crippen LogP contribution is -2.38. The lowest BCUT2D eigenvalue weighted by atomic mass is 10.0. The van der Waals surface area contributed by atoms with Gasteiger partial charge in [0.1, 0.15) is 0 Å². The molecule has 1 N–H and O–H groups in total. The molecule has 1 aliphatic rings. The molecule has 1 aromatic rings. The number of aliphatic hydroxyl groups excluding tert-OH is 1. The third-order valence-corrected chi connectivity index (χ3v) is 3.37. The highest BCUT2D eigenvalue weighted by Gasteiger charge is 2.28. The summed E-state index contributed by atoms with van der Waals surface area (Å²) in [7, 11) is 0. The van der Waals surface area contributed by atoms with Gasteiger partial charge in [0.25, 0.3) is 0 Å². The maximum atomic E-state index is 12.3. The van der Waals surface area contributed by atoms with Gasteiger partial charge in [0.05, 0.1) is 18.4 Å². The summed E-state index contributed by atoms with van der Waals surface area (Å²) in [5, 5.41) is 9.82. The predicted molar refractivity (Wildman–Crippen MR) is 74.5 cm³/mol. The molecule has 1 heterocycles. The van der Waals surface area contributed by atoms with Gasteiger partial charge in [0.15, 0.2) is 0 Å². The van der Waals surface area contributed by atoms with Gasteiger partial charge in [-0.2, -0.15) is 0 Å². The van der Waals surface area contributed by atoms with Crippen molar-refractivity contribution in [2.75, 3.05) is 11.5 Å². The Morgan fingerprint density at radius 3 is 2.80 bits per heavy atom. The Morgan fingerprint density at radius 1 is 1.35 bits per heavy atom. The van der Waals surface area contributed by atoms with Gasteiger partial charge in [0, 0.05) is 6.42 Å². The minimum atomic E-state index is -0.652. The molecule has 0 aromatic heterocycles. The zero-order valence-electron chi connectivity index (χ0n) is 11.5. The number of nitrogens with zero attached hydrogens (tertiary/aromatic N) is 1. The molecule has 1 aromatic carbocycles. The van der Waals surface area contributed by atoms with Crippen LogP contribution in [0.1, 0.15) is 31.7 Å². The van der Waals surface area contributed by atoms with Gasteiger partial charge in [-0.1, -0.05) is 18.2 Å². The summed E-state index contributed by atoms with van der Waals surface area (Å²) in [5.41, 5.74) is 1.43. The van der Waals surface area contributed by atoms with Crippen molar-refractivity contribution >= 4 is 17.7 Å². The summed E-state index contributed by atoms with van der Waals surface area (Å²) in [6, 6.07) is 7.25. The van der Waals surface area contributed by atoms with Crippen molar-refractivity contribution < 1.29 is 19.4 Å². The molecule has 108 valence electrons. The van der Waals surface area contributed by atoms with E-state index in [1.165, 1.54) is 0 Å². The first-order chi connectivity index (χ1) is 9.63. The third kappa shape index (κ3) is 3.17. The molecule has 5 nitrogen and oxygen atoms in total. The fourth-order valence-electron chi connectivity index (χ4n) is 2.33. The van der Waals surface area contributed by atoms with Crippen LogP contribution in [0.3, 0.4) is 0 Å². The van der Waals surface area contributed by atoms with Crippen LogP contribution >= 0.6 is 0 Å². The molecule has 0 spiro atoms. The highest BCUT2D eigenvalue weighted by molar-refractivity contribution is 6.12. The number of rotatable bonds is 1. The molecule has 1 aliphatic heterocycles. The maximum Gasteiger partial charge on any atom is 0.421 e. The minimum Gasteiger partial charge on any atom is -0.449 e. The number of aryl methyl sites for hydroxylation is 1. The van der Waals surface area contributed by atoms with Gasteiger partial charge < -0.3 is 9.84 Å². The Morgan fingerprint density at radius 2 is 2.05 bits per heavy atom. The molecule has 0 saturated carbocycles. The largest absolute Gasteiger partial charge is 0.449 e. The molecule has 0 fully saturated rings. The maximum absolute atomic E-state index is 12.3. The van der Waals surface area contributed by atoms with Crippen LogP contribution in [0.4, 0.5) is 10.5 Å². The number of fused-ring (bicyclic) bond motifs is 1. The van der Waals surface area contributed by atoms with Crippen molar-refractivity contribution in [1.82, 2.24) is 0 Å². The average molecular weight is 277 g/mol. The van der Waals surface area contributed by atoms with Crippen molar-refractivity contribution in [2.24, 2.45) is 0 Å². The molecule has 2 rings (SSSR count).